The second-order valence-corrected chi connectivity index (χ2v) is 8.18. The van der Waals surface area contributed by atoms with Gasteiger partial charge in [0.05, 0.1) is 17.2 Å². The van der Waals surface area contributed by atoms with Gasteiger partial charge in [0.1, 0.15) is 0 Å². The zero-order chi connectivity index (χ0) is 19.3. The van der Waals surface area contributed by atoms with E-state index in [1.54, 1.807) is 24.3 Å². The van der Waals surface area contributed by atoms with Crippen molar-refractivity contribution in [3.63, 3.8) is 0 Å². The normalized spacial score (nSPS) is 12.0. The molecule has 0 radical (unpaired) electrons. The van der Waals surface area contributed by atoms with Gasteiger partial charge in [-0.05, 0) is 37.1 Å². The Balaban J connectivity index is 2.03. The number of rotatable bonds is 6. The number of sulfonamides is 1. The molecule has 3 aromatic carbocycles. The molecule has 0 unspecified atom stereocenters. The van der Waals surface area contributed by atoms with Crippen LogP contribution in [0.5, 0.6) is 0 Å². The first kappa shape index (κ1) is 18.9. The van der Waals surface area contributed by atoms with Gasteiger partial charge in [0, 0.05) is 0 Å². The summed E-state index contributed by atoms with van der Waals surface area (Å²) in [6.45, 7) is 3.91. The van der Waals surface area contributed by atoms with E-state index < -0.39 is 10.0 Å². The summed E-state index contributed by atoms with van der Waals surface area (Å²) >= 11 is 0. The summed E-state index contributed by atoms with van der Waals surface area (Å²) in [6.07, 6.45) is 0. The van der Waals surface area contributed by atoms with E-state index in [-0.39, 0.29) is 11.4 Å². The predicted octanol–water partition coefficient (Wildman–Crippen LogP) is 4.61. The van der Waals surface area contributed by atoms with Crippen LogP contribution in [0.1, 0.15) is 23.6 Å². The number of aryl methyl sites for hydroxylation is 1. The maximum atomic E-state index is 13.2. The van der Waals surface area contributed by atoms with E-state index in [4.69, 9.17) is 0 Å². The van der Waals surface area contributed by atoms with Gasteiger partial charge in [0.2, 0.25) is 0 Å². The molecule has 4 nitrogen and oxygen atoms in total. The molecular weight excluding hydrogens is 356 g/mol. The zero-order valence-electron chi connectivity index (χ0n) is 15.4. The van der Waals surface area contributed by atoms with Gasteiger partial charge < -0.3 is 0 Å². The van der Waals surface area contributed by atoms with Crippen molar-refractivity contribution in [1.29, 1.82) is 0 Å². The van der Waals surface area contributed by atoms with Crippen LogP contribution in [-0.4, -0.2) is 18.5 Å². The van der Waals surface area contributed by atoms with Crippen molar-refractivity contribution < 1.29 is 8.42 Å². The van der Waals surface area contributed by atoms with E-state index in [2.05, 4.69) is 5.10 Å². The van der Waals surface area contributed by atoms with Crippen molar-refractivity contribution in [3.8, 4) is 0 Å². The van der Waals surface area contributed by atoms with Crippen LogP contribution < -0.4 is 0 Å². The highest BCUT2D eigenvalue weighted by molar-refractivity contribution is 7.89. The minimum atomic E-state index is -3.77. The van der Waals surface area contributed by atoms with Gasteiger partial charge in [0.15, 0.2) is 0 Å². The third-order valence-corrected chi connectivity index (χ3v) is 5.84. The van der Waals surface area contributed by atoms with Crippen LogP contribution in [0.3, 0.4) is 0 Å². The van der Waals surface area contributed by atoms with E-state index in [9.17, 15) is 8.42 Å². The van der Waals surface area contributed by atoms with Crippen molar-refractivity contribution in [2.45, 2.75) is 25.3 Å². The van der Waals surface area contributed by atoms with Crippen LogP contribution in [0.4, 0.5) is 0 Å². The Kier molecular flexibility index (Phi) is 5.72. The highest BCUT2D eigenvalue weighted by atomic mass is 32.2. The Bertz CT molecular complexity index is 1010. The maximum absolute atomic E-state index is 13.2. The Hall–Kier alpha value is -2.92. The molecule has 0 aliphatic carbocycles. The van der Waals surface area contributed by atoms with Gasteiger partial charge in [-0.15, -0.1) is 0 Å². The van der Waals surface area contributed by atoms with Crippen molar-refractivity contribution >= 4 is 15.7 Å². The Morgan fingerprint density at radius 2 is 1.41 bits per heavy atom. The molecule has 5 heteroatoms. The molecule has 0 saturated carbocycles. The zero-order valence-corrected chi connectivity index (χ0v) is 16.2. The third-order valence-electron chi connectivity index (χ3n) is 4.21. The van der Waals surface area contributed by atoms with Crippen LogP contribution in [0.25, 0.3) is 0 Å². The maximum Gasteiger partial charge on any atom is 0.279 e. The predicted molar refractivity (Wildman–Crippen MR) is 109 cm³/mol. The minimum Gasteiger partial charge on any atom is -0.200 e. The van der Waals surface area contributed by atoms with Gasteiger partial charge in [-0.3, -0.25) is 0 Å². The monoisotopic (exact) mass is 378 g/mol. The van der Waals surface area contributed by atoms with Gasteiger partial charge in [-0.25, -0.2) is 0 Å². The fraction of sp³-hybridized carbons (Fsp3) is 0.136. The van der Waals surface area contributed by atoms with Crippen molar-refractivity contribution in [3.05, 3.63) is 102 Å². The Labute approximate surface area is 160 Å². The van der Waals surface area contributed by atoms with Gasteiger partial charge in [-0.1, -0.05) is 78.4 Å². The summed E-state index contributed by atoms with van der Waals surface area (Å²) in [7, 11) is -3.77. The molecule has 0 amide bonds. The summed E-state index contributed by atoms with van der Waals surface area (Å²) in [5, 5.41) is 4.47. The molecule has 3 rings (SSSR count). The average Bonchev–Trinajstić information content (AvgIpc) is 2.69. The third kappa shape index (κ3) is 4.63. The summed E-state index contributed by atoms with van der Waals surface area (Å²) in [6, 6.07) is 25.9. The molecule has 0 spiro atoms. The van der Waals surface area contributed by atoms with Gasteiger partial charge >= 0.3 is 0 Å². The summed E-state index contributed by atoms with van der Waals surface area (Å²) < 4.78 is 27.6. The number of benzene rings is 3. The highest BCUT2D eigenvalue weighted by Gasteiger charge is 2.23. The second-order valence-electron chi connectivity index (χ2n) is 6.34. The molecule has 27 heavy (non-hydrogen) atoms. The molecule has 0 fully saturated rings. The van der Waals surface area contributed by atoms with Crippen LogP contribution in [0, 0.1) is 6.92 Å². The molecule has 0 N–H and O–H groups in total. The molecule has 3 aromatic rings. The largest absolute Gasteiger partial charge is 0.279 e. The van der Waals surface area contributed by atoms with E-state index in [0.717, 1.165) is 16.7 Å². The van der Waals surface area contributed by atoms with E-state index in [1.165, 1.54) is 4.41 Å². The van der Waals surface area contributed by atoms with Crippen LogP contribution in [-0.2, 0) is 16.6 Å². The first-order valence-corrected chi connectivity index (χ1v) is 10.1. The van der Waals surface area contributed by atoms with Crippen molar-refractivity contribution in [1.82, 2.24) is 4.41 Å². The molecular formula is C22H22N2O2S. The number of hydrogen-bond donors (Lipinski definition) is 0. The lowest BCUT2D eigenvalue weighted by molar-refractivity contribution is 0.425. The fourth-order valence-electron chi connectivity index (χ4n) is 2.65. The van der Waals surface area contributed by atoms with Gasteiger partial charge in [0.25, 0.3) is 10.0 Å². The number of hydrogen-bond acceptors (Lipinski definition) is 3. The molecule has 0 heterocycles. The summed E-state index contributed by atoms with van der Waals surface area (Å²) in [4.78, 5) is 0.230. The minimum absolute atomic E-state index is 0.168. The van der Waals surface area contributed by atoms with Crippen molar-refractivity contribution in [2.75, 3.05) is 0 Å². The topological polar surface area (TPSA) is 49.7 Å². The molecule has 0 bridgehead atoms. The highest BCUT2D eigenvalue weighted by Crippen LogP contribution is 2.20. The van der Waals surface area contributed by atoms with Crippen molar-refractivity contribution in [2.24, 2.45) is 5.10 Å². The lowest BCUT2D eigenvalue weighted by Gasteiger charge is -2.20. The quantitative estimate of drug-likeness (QED) is 0.464. The Morgan fingerprint density at radius 3 is 2.00 bits per heavy atom. The summed E-state index contributed by atoms with van der Waals surface area (Å²) in [5.41, 5.74) is 3.40. The molecule has 0 aliphatic heterocycles. The average molecular weight is 378 g/mol. The molecule has 138 valence electrons. The van der Waals surface area contributed by atoms with Gasteiger partial charge in [-0.2, -0.15) is 17.9 Å². The number of nitrogens with zero attached hydrogens (tertiary/aromatic N) is 2. The standard InChI is InChI=1S/C22H22N2O2S/c1-18-13-15-22(16-14-18)27(25,26)24(17-20-9-5-3-6-10-20)23-19(2)21-11-7-4-8-12-21/h3-16H,17H2,1-2H3/b23-19+. The van der Waals surface area contributed by atoms with E-state index in [1.807, 2.05) is 74.5 Å². The van der Waals surface area contributed by atoms with Crippen LogP contribution >= 0.6 is 0 Å². The first-order valence-electron chi connectivity index (χ1n) is 8.71. The molecule has 0 aliphatic rings. The SMILES string of the molecule is C/C(=N\N(Cc1ccccc1)S(=O)(=O)c1ccc(C)cc1)c1ccccc1. The Morgan fingerprint density at radius 1 is 0.852 bits per heavy atom. The lowest BCUT2D eigenvalue weighted by Crippen LogP contribution is -2.27. The van der Waals surface area contributed by atoms with E-state index in [0.29, 0.717) is 5.71 Å². The van der Waals surface area contributed by atoms with Crippen LogP contribution in [0.2, 0.25) is 0 Å². The van der Waals surface area contributed by atoms with E-state index >= 15 is 0 Å². The molecule has 0 saturated heterocycles. The summed E-state index contributed by atoms with van der Waals surface area (Å²) in [5.74, 6) is 0. The number of hydrazone groups is 1. The first-order chi connectivity index (χ1) is 13.0. The van der Waals surface area contributed by atoms with Crippen LogP contribution in [0.15, 0.2) is 94.9 Å². The molecule has 0 atom stereocenters. The lowest BCUT2D eigenvalue weighted by atomic mass is 10.1. The molecule has 0 aromatic heterocycles. The fourth-order valence-corrected chi connectivity index (χ4v) is 3.92. The second kappa shape index (κ2) is 8.18. The smallest absolute Gasteiger partial charge is 0.200 e.